The highest BCUT2D eigenvalue weighted by molar-refractivity contribution is 5.29. The lowest BCUT2D eigenvalue weighted by atomic mass is 9.93. The van der Waals surface area contributed by atoms with E-state index in [1.165, 1.54) is 44.9 Å². The van der Waals surface area contributed by atoms with Crippen LogP contribution in [-0.4, -0.2) is 15.6 Å². The molecule has 1 N–H and O–H groups in total. The largest absolute Gasteiger partial charge is 0.353 e. The molecule has 0 amide bonds. The summed E-state index contributed by atoms with van der Waals surface area (Å²) in [7, 11) is 0. The van der Waals surface area contributed by atoms with Crippen molar-refractivity contribution in [2.24, 2.45) is 0 Å². The van der Waals surface area contributed by atoms with Crippen LogP contribution in [0.5, 0.6) is 0 Å². The number of hydrogen-bond acceptors (Lipinski definition) is 2. The van der Waals surface area contributed by atoms with Gasteiger partial charge in [0.1, 0.15) is 0 Å². The molecule has 0 bridgehead atoms. The third kappa shape index (κ3) is 1.75. The number of nitrogens with zero attached hydrogens (tertiary/aromatic N) is 2. The maximum atomic E-state index is 4.43. The number of anilines is 1. The van der Waals surface area contributed by atoms with E-state index in [4.69, 9.17) is 0 Å². The van der Waals surface area contributed by atoms with Gasteiger partial charge in [-0.1, -0.05) is 12.8 Å². The summed E-state index contributed by atoms with van der Waals surface area (Å²) in [6, 6.07) is 1.39. The van der Waals surface area contributed by atoms with Crippen LogP contribution in [0.4, 0.5) is 5.95 Å². The summed E-state index contributed by atoms with van der Waals surface area (Å²) in [6.45, 7) is 0. The van der Waals surface area contributed by atoms with Gasteiger partial charge in [0.15, 0.2) is 0 Å². The Morgan fingerprint density at radius 3 is 2.60 bits per heavy atom. The summed E-state index contributed by atoms with van der Waals surface area (Å²) in [5.74, 6) is 1.10. The number of imidazole rings is 1. The SMILES string of the molecule is c1cn(C2CCCC2)c(NC2CCC2)n1. The van der Waals surface area contributed by atoms with Crippen molar-refractivity contribution in [2.45, 2.75) is 57.0 Å². The van der Waals surface area contributed by atoms with Crippen molar-refractivity contribution < 1.29 is 0 Å². The van der Waals surface area contributed by atoms with Gasteiger partial charge in [-0.25, -0.2) is 4.98 Å². The third-order valence-electron chi connectivity index (χ3n) is 3.83. The molecule has 0 radical (unpaired) electrons. The summed E-state index contributed by atoms with van der Waals surface area (Å²) < 4.78 is 2.35. The van der Waals surface area contributed by atoms with Crippen LogP contribution < -0.4 is 5.32 Å². The van der Waals surface area contributed by atoms with Crippen molar-refractivity contribution in [1.29, 1.82) is 0 Å². The van der Waals surface area contributed by atoms with E-state index in [1.54, 1.807) is 0 Å². The number of rotatable bonds is 3. The number of hydrogen-bond donors (Lipinski definition) is 1. The highest BCUT2D eigenvalue weighted by atomic mass is 15.2. The first-order valence-corrected chi connectivity index (χ1v) is 6.23. The van der Waals surface area contributed by atoms with Crippen molar-refractivity contribution >= 4 is 5.95 Å². The van der Waals surface area contributed by atoms with Crippen molar-refractivity contribution in [1.82, 2.24) is 9.55 Å². The summed E-state index contributed by atoms with van der Waals surface area (Å²) in [5, 5.41) is 3.56. The molecule has 0 atom stereocenters. The van der Waals surface area contributed by atoms with Gasteiger partial charge in [-0.05, 0) is 32.1 Å². The van der Waals surface area contributed by atoms with E-state index in [0.29, 0.717) is 12.1 Å². The number of nitrogens with one attached hydrogen (secondary N) is 1. The normalized spacial score (nSPS) is 22.9. The van der Waals surface area contributed by atoms with E-state index in [-0.39, 0.29) is 0 Å². The first kappa shape index (κ1) is 9.25. The Morgan fingerprint density at radius 2 is 1.93 bits per heavy atom. The van der Waals surface area contributed by atoms with E-state index in [2.05, 4.69) is 21.1 Å². The maximum Gasteiger partial charge on any atom is 0.203 e. The smallest absolute Gasteiger partial charge is 0.203 e. The van der Waals surface area contributed by atoms with Crippen molar-refractivity contribution in [2.75, 3.05) is 5.32 Å². The van der Waals surface area contributed by atoms with E-state index < -0.39 is 0 Å². The van der Waals surface area contributed by atoms with Gasteiger partial charge in [0.25, 0.3) is 0 Å². The molecular weight excluding hydrogens is 186 g/mol. The summed E-state index contributed by atoms with van der Waals surface area (Å²) in [5.41, 5.74) is 0. The lowest BCUT2D eigenvalue weighted by Crippen LogP contribution is -2.29. The third-order valence-corrected chi connectivity index (χ3v) is 3.83. The van der Waals surface area contributed by atoms with Gasteiger partial charge in [-0.2, -0.15) is 0 Å². The molecule has 2 saturated carbocycles. The average molecular weight is 205 g/mol. The monoisotopic (exact) mass is 205 g/mol. The zero-order valence-electron chi connectivity index (χ0n) is 9.15. The molecule has 2 fully saturated rings. The predicted molar refractivity (Wildman–Crippen MR) is 61.0 cm³/mol. The molecule has 15 heavy (non-hydrogen) atoms. The minimum atomic E-state index is 0.688. The van der Waals surface area contributed by atoms with Crippen LogP contribution in [0.3, 0.4) is 0 Å². The molecule has 0 aliphatic heterocycles. The second-order valence-electron chi connectivity index (χ2n) is 4.87. The second kappa shape index (κ2) is 3.87. The van der Waals surface area contributed by atoms with Crippen LogP contribution >= 0.6 is 0 Å². The molecule has 2 aliphatic carbocycles. The molecule has 3 nitrogen and oxygen atoms in total. The van der Waals surface area contributed by atoms with Gasteiger partial charge in [-0.15, -0.1) is 0 Å². The summed E-state index contributed by atoms with van der Waals surface area (Å²) in [4.78, 5) is 4.43. The fourth-order valence-electron chi connectivity index (χ4n) is 2.64. The summed E-state index contributed by atoms with van der Waals surface area (Å²) in [6.07, 6.45) is 13.5. The van der Waals surface area contributed by atoms with Gasteiger partial charge in [0.05, 0.1) is 0 Å². The van der Waals surface area contributed by atoms with E-state index >= 15 is 0 Å². The fraction of sp³-hybridized carbons (Fsp3) is 0.750. The van der Waals surface area contributed by atoms with Crippen molar-refractivity contribution in [3.05, 3.63) is 12.4 Å². The zero-order chi connectivity index (χ0) is 10.1. The van der Waals surface area contributed by atoms with Gasteiger partial charge < -0.3 is 9.88 Å². The van der Waals surface area contributed by atoms with Gasteiger partial charge in [0.2, 0.25) is 5.95 Å². The first-order chi connectivity index (χ1) is 7.43. The Kier molecular flexibility index (Phi) is 2.39. The van der Waals surface area contributed by atoms with Crippen LogP contribution in [0.15, 0.2) is 12.4 Å². The van der Waals surface area contributed by atoms with Gasteiger partial charge in [0, 0.05) is 24.5 Å². The molecule has 0 aromatic carbocycles. The first-order valence-electron chi connectivity index (χ1n) is 6.23. The highest BCUT2D eigenvalue weighted by Crippen LogP contribution is 2.32. The molecule has 1 heterocycles. The molecule has 1 aromatic heterocycles. The fourth-order valence-corrected chi connectivity index (χ4v) is 2.64. The zero-order valence-corrected chi connectivity index (χ0v) is 9.15. The molecule has 0 unspecified atom stereocenters. The molecule has 2 aliphatic rings. The molecule has 3 heteroatoms. The molecule has 82 valence electrons. The van der Waals surface area contributed by atoms with Crippen molar-refractivity contribution in [3.63, 3.8) is 0 Å². The average Bonchev–Trinajstić information content (AvgIpc) is 2.81. The summed E-state index contributed by atoms with van der Waals surface area (Å²) >= 11 is 0. The Morgan fingerprint density at radius 1 is 1.13 bits per heavy atom. The molecule has 1 aromatic rings. The lowest BCUT2D eigenvalue weighted by Gasteiger charge is -2.28. The minimum Gasteiger partial charge on any atom is -0.353 e. The maximum absolute atomic E-state index is 4.43. The second-order valence-corrected chi connectivity index (χ2v) is 4.87. The molecular formula is C12H19N3. The van der Waals surface area contributed by atoms with Crippen LogP contribution in [0, 0.1) is 0 Å². The Balaban J connectivity index is 1.72. The lowest BCUT2D eigenvalue weighted by molar-refractivity contribution is 0.435. The van der Waals surface area contributed by atoms with Gasteiger partial charge >= 0.3 is 0 Å². The predicted octanol–water partition coefficient (Wildman–Crippen LogP) is 2.96. The van der Waals surface area contributed by atoms with Crippen LogP contribution in [0.1, 0.15) is 51.0 Å². The van der Waals surface area contributed by atoms with Gasteiger partial charge in [-0.3, -0.25) is 0 Å². The Bertz CT molecular complexity index is 321. The minimum absolute atomic E-state index is 0.688. The molecule has 0 spiro atoms. The Labute approximate surface area is 90.9 Å². The van der Waals surface area contributed by atoms with Crippen molar-refractivity contribution in [3.8, 4) is 0 Å². The number of aromatic nitrogens is 2. The quantitative estimate of drug-likeness (QED) is 0.822. The van der Waals surface area contributed by atoms with E-state index in [9.17, 15) is 0 Å². The molecule has 0 saturated heterocycles. The van der Waals surface area contributed by atoms with E-state index in [0.717, 1.165) is 5.95 Å². The topological polar surface area (TPSA) is 29.9 Å². The highest BCUT2D eigenvalue weighted by Gasteiger charge is 2.22. The van der Waals surface area contributed by atoms with Crippen LogP contribution in [0.2, 0.25) is 0 Å². The van der Waals surface area contributed by atoms with E-state index in [1.807, 2.05) is 6.20 Å². The molecule has 3 rings (SSSR count). The van der Waals surface area contributed by atoms with Crippen LogP contribution in [-0.2, 0) is 0 Å². The van der Waals surface area contributed by atoms with Crippen LogP contribution in [0.25, 0.3) is 0 Å². The Hall–Kier alpha value is -0.990. The standard InChI is InChI=1S/C12H19N3/c1-2-7-11(6-1)15-9-8-13-12(15)14-10-4-3-5-10/h8-11H,1-7H2,(H,13,14).